The fraction of sp³-hybridized carbons (Fsp3) is 0.250. The minimum absolute atomic E-state index is 0.306. The van der Waals surface area contributed by atoms with Crippen LogP contribution in [0.1, 0.15) is 11.1 Å². The topological polar surface area (TPSA) is 52.2 Å². The molecule has 0 aromatic heterocycles. The first kappa shape index (κ1) is 10.7. The van der Waals surface area contributed by atoms with Gasteiger partial charge in [0.05, 0.1) is 0 Å². The highest BCUT2D eigenvalue weighted by Crippen LogP contribution is 2.07. The molecule has 3 nitrogen and oxygen atoms in total. The van der Waals surface area contributed by atoms with Crippen molar-refractivity contribution >= 4 is 22.9 Å². The second kappa shape index (κ2) is 5.34. The summed E-state index contributed by atoms with van der Waals surface area (Å²) in [4.78, 5) is 0. The maximum absolute atomic E-state index is 10.2. The van der Waals surface area contributed by atoms with Crippen LogP contribution in [0.3, 0.4) is 0 Å². The molecule has 0 aliphatic rings. The Kier molecular flexibility index (Phi) is 4.38. The Labute approximate surface area is 84.5 Å². The minimum atomic E-state index is -2.21. The minimum Gasteiger partial charge on any atom is -0.760 e. The lowest BCUT2D eigenvalue weighted by atomic mass is 10.1. The van der Waals surface area contributed by atoms with Gasteiger partial charge in [-0.3, -0.25) is 4.21 Å². The highest BCUT2D eigenvalue weighted by Gasteiger charge is 1.94. The fourth-order valence-electron chi connectivity index (χ4n) is 0.965. The Morgan fingerprint density at radius 3 is 2.77 bits per heavy atom. The van der Waals surface area contributed by atoms with Crippen molar-refractivity contribution in [3.05, 3.63) is 35.4 Å². The monoisotopic (exact) mass is 218 g/mol. The SMILES string of the molecule is O=S([O-])NCc1cccc(CCl)c1. The van der Waals surface area contributed by atoms with Crippen molar-refractivity contribution in [1.82, 2.24) is 4.72 Å². The van der Waals surface area contributed by atoms with Crippen molar-refractivity contribution in [2.45, 2.75) is 12.4 Å². The molecule has 5 heteroatoms. The van der Waals surface area contributed by atoms with E-state index in [0.29, 0.717) is 12.4 Å². The largest absolute Gasteiger partial charge is 0.760 e. The summed E-state index contributed by atoms with van der Waals surface area (Å²) in [6.45, 7) is 0.306. The molecule has 0 radical (unpaired) electrons. The van der Waals surface area contributed by atoms with Gasteiger partial charge in [-0.2, -0.15) is 0 Å². The number of nitrogens with one attached hydrogen (secondary N) is 1. The van der Waals surface area contributed by atoms with E-state index < -0.39 is 11.3 Å². The van der Waals surface area contributed by atoms with Crippen LogP contribution in [-0.2, 0) is 23.7 Å². The summed E-state index contributed by atoms with van der Waals surface area (Å²) in [6, 6.07) is 7.45. The molecule has 1 rings (SSSR count). The molecule has 0 aliphatic carbocycles. The zero-order valence-corrected chi connectivity index (χ0v) is 8.40. The molecule has 1 atom stereocenters. The van der Waals surface area contributed by atoms with E-state index >= 15 is 0 Å². The predicted molar refractivity (Wildman–Crippen MR) is 51.8 cm³/mol. The number of rotatable bonds is 4. The highest BCUT2D eigenvalue weighted by atomic mass is 35.5. The molecule has 0 bridgehead atoms. The normalized spacial score (nSPS) is 12.8. The molecule has 0 saturated carbocycles. The molecule has 0 saturated heterocycles. The van der Waals surface area contributed by atoms with Crippen LogP contribution in [0.5, 0.6) is 0 Å². The number of halogens is 1. The van der Waals surface area contributed by atoms with Gasteiger partial charge in [0.15, 0.2) is 0 Å². The summed E-state index contributed by atoms with van der Waals surface area (Å²) in [5.41, 5.74) is 1.89. The molecule has 0 aliphatic heterocycles. The summed E-state index contributed by atoms with van der Waals surface area (Å²) >= 11 is 3.41. The third-order valence-electron chi connectivity index (χ3n) is 1.54. The second-order valence-electron chi connectivity index (χ2n) is 2.51. The lowest BCUT2D eigenvalue weighted by molar-refractivity contribution is 0.522. The van der Waals surface area contributed by atoms with Gasteiger partial charge >= 0.3 is 0 Å². The lowest BCUT2D eigenvalue weighted by Crippen LogP contribution is -2.15. The van der Waals surface area contributed by atoms with E-state index in [1.165, 1.54) is 0 Å². The van der Waals surface area contributed by atoms with Crippen molar-refractivity contribution in [2.24, 2.45) is 0 Å². The molecule has 72 valence electrons. The fourth-order valence-corrected chi connectivity index (χ4v) is 1.42. The smallest absolute Gasteiger partial charge is 0.0474 e. The first-order valence-corrected chi connectivity index (χ1v) is 5.30. The van der Waals surface area contributed by atoms with Crippen molar-refractivity contribution < 1.29 is 8.76 Å². The van der Waals surface area contributed by atoms with Crippen LogP contribution in [0.4, 0.5) is 0 Å². The maximum atomic E-state index is 10.2. The Hall–Kier alpha value is -0.420. The van der Waals surface area contributed by atoms with Gasteiger partial charge in [-0.25, -0.2) is 4.72 Å². The Balaban J connectivity index is 2.61. The van der Waals surface area contributed by atoms with E-state index in [4.69, 9.17) is 11.6 Å². The van der Waals surface area contributed by atoms with Gasteiger partial charge in [0.1, 0.15) is 0 Å². The molecule has 1 aromatic rings. The quantitative estimate of drug-likeness (QED) is 0.612. The van der Waals surface area contributed by atoms with Crippen LogP contribution < -0.4 is 4.72 Å². The molecular weight excluding hydrogens is 210 g/mol. The van der Waals surface area contributed by atoms with Gasteiger partial charge in [0.25, 0.3) is 0 Å². The van der Waals surface area contributed by atoms with Crippen LogP contribution >= 0.6 is 11.6 Å². The van der Waals surface area contributed by atoms with Crippen LogP contribution in [0.25, 0.3) is 0 Å². The summed E-state index contributed by atoms with van der Waals surface area (Å²) in [5.74, 6) is 0.439. The summed E-state index contributed by atoms with van der Waals surface area (Å²) in [5, 5.41) is 0. The molecule has 1 N–H and O–H groups in total. The molecular formula is C8H9ClNO2S-. The molecule has 0 spiro atoms. The maximum Gasteiger partial charge on any atom is 0.0474 e. The number of hydrogen-bond acceptors (Lipinski definition) is 2. The lowest BCUT2D eigenvalue weighted by Gasteiger charge is -2.07. The van der Waals surface area contributed by atoms with E-state index in [1.807, 2.05) is 24.3 Å². The van der Waals surface area contributed by atoms with Gasteiger partial charge in [0, 0.05) is 23.7 Å². The first-order valence-electron chi connectivity index (χ1n) is 3.69. The zero-order chi connectivity index (χ0) is 9.68. The first-order chi connectivity index (χ1) is 6.22. The van der Waals surface area contributed by atoms with Crippen LogP contribution in [0.2, 0.25) is 0 Å². The standard InChI is InChI=1S/C8H10ClNO2S/c9-5-7-2-1-3-8(4-7)6-10-13(11)12/h1-4,10H,5-6H2,(H,11,12)/p-1. The van der Waals surface area contributed by atoms with E-state index in [1.54, 1.807) is 0 Å². The summed E-state index contributed by atoms with van der Waals surface area (Å²) in [7, 11) is 0. The van der Waals surface area contributed by atoms with Crippen molar-refractivity contribution in [3.63, 3.8) is 0 Å². The Morgan fingerprint density at radius 2 is 2.15 bits per heavy atom. The molecule has 1 aromatic carbocycles. The van der Waals surface area contributed by atoms with Crippen LogP contribution in [-0.4, -0.2) is 8.76 Å². The van der Waals surface area contributed by atoms with E-state index in [0.717, 1.165) is 11.1 Å². The molecule has 13 heavy (non-hydrogen) atoms. The Morgan fingerprint density at radius 1 is 1.46 bits per heavy atom. The number of alkyl halides is 1. The molecule has 1 unspecified atom stereocenters. The predicted octanol–water partition coefficient (Wildman–Crippen LogP) is 1.31. The van der Waals surface area contributed by atoms with Crippen molar-refractivity contribution in [1.29, 1.82) is 0 Å². The van der Waals surface area contributed by atoms with Crippen molar-refractivity contribution in [2.75, 3.05) is 0 Å². The van der Waals surface area contributed by atoms with Gasteiger partial charge < -0.3 is 4.55 Å². The number of hydrogen-bond donors (Lipinski definition) is 1. The van der Waals surface area contributed by atoms with E-state index in [-0.39, 0.29) is 0 Å². The molecule has 0 fully saturated rings. The van der Waals surface area contributed by atoms with Crippen LogP contribution in [0.15, 0.2) is 24.3 Å². The highest BCUT2D eigenvalue weighted by molar-refractivity contribution is 7.77. The van der Waals surface area contributed by atoms with Crippen LogP contribution in [0, 0.1) is 0 Å². The second-order valence-corrected chi connectivity index (χ2v) is 3.53. The van der Waals surface area contributed by atoms with Gasteiger partial charge in [-0.05, 0) is 11.1 Å². The Bertz CT molecular complexity index is 306. The zero-order valence-electron chi connectivity index (χ0n) is 6.83. The third-order valence-corrected chi connectivity index (χ3v) is 2.23. The van der Waals surface area contributed by atoms with Gasteiger partial charge in [-0.15, -0.1) is 11.6 Å². The van der Waals surface area contributed by atoms with E-state index in [9.17, 15) is 8.76 Å². The summed E-state index contributed by atoms with van der Waals surface area (Å²) < 4.78 is 22.7. The van der Waals surface area contributed by atoms with Gasteiger partial charge in [0.2, 0.25) is 0 Å². The molecule has 0 heterocycles. The molecule has 0 amide bonds. The average Bonchev–Trinajstić information content (AvgIpc) is 2.15. The number of benzene rings is 1. The third kappa shape index (κ3) is 3.87. The average molecular weight is 219 g/mol. The van der Waals surface area contributed by atoms with E-state index in [2.05, 4.69) is 4.72 Å². The van der Waals surface area contributed by atoms with Gasteiger partial charge in [-0.1, -0.05) is 24.3 Å². The summed E-state index contributed by atoms with van der Waals surface area (Å²) in [6.07, 6.45) is 0. The van der Waals surface area contributed by atoms with Crippen molar-refractivity contribution in [3.8, 4) is 0 Å².